The molecule has 2 atom stereocenters. The average molecular weight is 265 g/mol. The number of hydrogen-bond acceptors (Lipinski definition) is 2. The van der Waals surface area contributed by atoms with Crippen molar-refractivity contribution in [3.63, 3.8) is 0 Å². The molecule has 2 unspecified atom stereocenters. The molecule has 1 aliphatic carbocycles. The average Bonchev–Trinajstić information content (AvgIpc) is 2.48. The number of rotatable bonds is 5. The van der Waals surface area contributed by atoms with E-state index in [0.717, 1.165) is 51.1 Å². The zero-order chi connectivity index (χ0) is 13.7. The highest BCUT2D eigenvalue weighted by Gasteiger charge is 2.42. The van der Waals surface area contributed by atoms with Crippen molar-refractivity contribution in [3.8, 4) is 0 Å². The van der Waals surface area contributed by atoms with Crippen molar-refractivity contribution in [2.45, 2.75) is 71.6 Å². The molecule has 0 aromatic heterocycles. The smallest absolute Gasteiger partial charge is 0.142 e. The highest BCUT2D eigenvalue weighted by Crippen LogP contribution is 2.42. The van der Waals surface area contributed by atoms with Gasteiger partial charge >= 0.3 is 0 Å². The van der Waals surface area contributed by atoms with E-state index in [-0.39, 0.29) is 5.41 Å². The fourth-order valence-electron chi connectivity index (χ4n) is 4.34. The lowest BCUT2D eigenvalue weighted by Gasteiger charge is -2.40. The normalized spacial score (nSPS) is 31.1. The van der Waals surface area contributed by atoms with Crippen LogP contribution >= 0.6 is 0 Å². The lowest BCUT2D eigenvalue weighted by atomic mass is 9.65. The summed E-state index contributed by atoms with van der Waals surface area (Å²) in [4.78, 5) is 13.1. The second-order valence-electron chi connectivity index (χ2n) is 6.78. The molecule has 110 valence electrons. The molecule has 1 saturated carbocycles. The third-order valence-corrected chi connectivity index (χ3v) is 5.54. The van der Waals surface area contributed by atoms with Crippen LogP contribution in [0.5, 0.6) is 0 Å². The van der Waals surface area contributed by atoms with Gasteiger partial charge in [0.25, 0.3) is 0 Å². The Labute approximate surface area is 118 Å². The Morgan fingerprint density at radius 1 is 1.21 bits per heavy atom. The van der Waals surface area contributed by atoms with E-state index in [0.29, 0.717) is 11.7 Å². The lowest BCUT2D eigenvalue weighted by Crippen LogP contribution is -2.45. The monoisotopic (exact) mass is 265 g/mol. The Kier molecular flexibility index (Phi) is 5.44. The molecule has 2 nitrogen and oxygen atoms in total. The predicted octanol–water partition coefficient (Wildman–Crippen LogP) is 3.94. The van der Waals surface area contributed by atoms with E-state index in [1.54, 1.807) is 0 Å². The van der Waals surface area contributed by atoms with Crippen molar-refractivity contribution < 1.29 is 4.79 Å². The number of ketones is 1. The topological polar surface area (TPSA) is 29.1 Å². The molecule has 1 saturated heterocycles. The van der Waals surface area contributed by atoms with Gasteiger partial charge in [-0.1, -0.05) is 39.5 Å². The molecule has 1 aliphatic heterocycles. The van der Waals surface area contributed by atoms with Gasteiger partial charge in [-0.05, 0) is 51.1 Å². The van der Waals surface area contributed by atoms with Crippen LogP contribution in [-0.2, 0) is 4.79 Å². The fraction of sp³-hybridized carbons (Fsp3) is 0.941. The summed E-state index contributed by atoms with van der Waals surface area (Å²) in [6.07, 6.45) is 10.6. The van der Waals surface area contributed by atoms with Crippen molar-refractivity contribution in [3.05, 3.63) is 0 Å². The van der Waals surface area contributed by atoms with Gasteiger partial charge in [-0.2, -0.15) is 0 Å². The molecule has 0 aromatic carbocycles. The first kappa shape index (κ1) is 15.0. The van der Waals surface area contributed by atoms with E-state index >= 15 is 0 Å². The molecule has 2 heteroatoms. The van der Waals surface area contributed by atoms with Crippen molar-refractivity contribution in [1.29, 1.82) is 0 Å². The summed E-state index contributed by atoms with van der Waals surface area (Å²) < 4.78 is 0. The van der Waals surface area contributed by atoms with Crippen LogP contribution in [0.4, 0.5) is 0 Å². The number of piperidine rings is 1. The van der Waals surface area contributed by atoms with E-state index in [4.69, 9.17) is 0 Å². The van der Waals surface area contributed by atoms with Crippen LogP contribution in [0.15, 0.2) is 0 Å². The van der Waals surface area contributed by atoms with E-state index in [1.807, 2.05) is 0 Å². The number of carbonyl (C=O) groups excluding carboxylic acids is 1. The van der Waals surface area contributed by atoms with Crippen molar-refractivity contribution in [1.82, 2.24) is 5.32 Å². The first-order valence-corrected chi connectivity index (χ1v) is 8.47. The summed E-state index contributed by atoms with van der Waals surface area (Å²) in [5.74, 6) is 1.82. The van der Waals surface area contributed by atoms with Gasteiger partial charge in [0, 0.05) is 11.3 Å². The summed E-state index contributed by atoms with van der Waals surface area (Å²) in [6.45, 7) is 6.59. The Hall–Kier alpha value is -0.370. The van der Waals surface area contributed by atoms with Crippen LogP contribution in [0, 0.1) is 17.3 Å². The number of hydrogen-bond donors (Lipinski definition) is 1. The summed E-state index contributed by atoms with van der Waals surface area (Å²) >= 11 is 0. The minimum Gasteiger partial charge on any atom is -0.317 e. The van der Waals surface area contributed by atoms with E-state index in [9.17, 15) is 4.79 Å². The van der Waals surface area contributed by atoms with Gasteiger partial charge in [-0.15, -0.1) is 0 Å². The second-order valence-corrected chi connectivity index (χ2v) is 6.78. The Bertz CT molecular complexity index is 288. The van der Waals surface area contributed by atoms with E-state index in [1.165, 1.54) is 25.7 Å². The molecule has 0 bridgehead atoms. The zero-order valence-corrected chi connectivity index (χ0v) is 12.8. The van der Waals surface area contributed by atoms with Gasteiger partial charge < -0.3 is 5.32 Å². The maximum absolute atomic E-state index is 13.1. The van der Waals surface area contributed by atoms with Crippen molar-refractivity contribution in [2.24, 2.45) is 17.3 Å². The zero-order valence-electron chi connectivity index (χ0n) is 12.8. The van der Waals surface area contributed by atoms with Gasteiger partial charge in [0.05, 0.1) is 0 Å². The first-order chi connectivity index (χ1) is 9.22. The van der Waals surface area contributed by atoms with Gasteiger partial charge in [-0.25, -0.2) is 0 Å². The van der Waals surface area contributed by atoms with Gasteiger partial charge in [0.2, 0.25) is 0 Å². The van der Waals surface area contributed by atoms with Crippen LogP contribution in [0.25, 0.3) is 0 Å². The summed E-state index contributed by atoms with van der Waals surface area (Å²) in [7, 11) is 0. The maximum Gasteiger partial charge on any atom is 0.142 e. The lowest BCUT2D eigenvalue weighted by molar-refractivity contribution is -0.136. The molecule has 2 fully saturated rings. The van der Waals surface area contributed by atoms with Crippen molar-refractivity contribution >= 4 is 5.78 Å². The quantitative estimate of drug-likeness (QED) is 0.815. The third-order valence-electron chi connectivity index (χ3n) is 5.54. The molecule has 19 heavy (non-hydrogen) atoms. The molecular formula is C17H31NO. The molecule has 2 rings (SSSR count). The molecule has 2 aliphatic rings. The molecule has 0 radical (unpaired) electrons. The largest absolute Gasteiger partial charge is 0.317 e. The second kappa shape index (κ2) is 6.88. The molecule has 0 spiro atoms. The third kappa shape index (κ3) is 3.39. The fourth-order valence-corrected chi connectivity index (χ4v) is 4.34. The van der Waals surface area contributed by atoms with Crippen LogP contribution < -0.4 is 5.32 Å². The first-order valence-electron chi connectivity index (χ1n) is 8.47. The molecular weight excluding hydrogens is 234 g/mol. The van der Waals surface area contributed by atoms with Crippen LogP contribution in [-0.4, -0.2) is 18.9 Å². The Morgan fingerprint density at radius 2 is 1.95 bits per heavy atom. The van der Waals surface area contributed by atoms with Gasteiger partial charge in [-0.3, -0.25) is 4.79 Å². The summed E-state index contributed by atoms with van der Waals surface area (Å²) in [5, 5.41) is 3.42. The minimum absolute atomic E-state index is 0.0281. The molecule has 0 amide bonds. The van der Waals surface area contributed by atoms with Crippen molar-refractivity contribution in [2.75, 3.05) is 13.1 Å². The highest BCUT2D eigenvalue weighted by molar-refractivity contribution is 5.87. The van der Waals surface area contributed by atoms with Crippen LogP contribution in [0.3, 0.4) is 0 Å². The standard InChI is InChI=1S/C17H31NO/c1-3-8-17(9-11-18-12-10-17)16(19)15-7-5-6-14(4-2)13-15/h14-15,18H,3-13H2,1-2H3. The Balaban J connectivity index is 2.05. The number of carbonyl (C=O) groups is 1. The van der Waals surface area contributed by atoms with E-state index < -0.39 is 0 Å². The Morgan fingerprint density at radius 3 is 2.58 bits per heavy atom. The van der Waals surface area contributed by atoms with E-state index in [2.05, 4.69) is 19.2 Å². The maximum atomic E-state index is 13.1. The summed E-state index contributed by atoms with van der Waals surface area (Å²) in [6, 6.07) is 0. The number of nitrogens with one attached hydrogen (secondary N) is 1. The van der Waals surface area contributed by atoms with Crippen LogP contribution in [0.2, 0.25) is 0 Å². The van der Waals surface area contributed by atoms with Gasteiger partial charge in [0.1, 0.15) is 5.78 Å². The molecule has 1 heterocycles. The molecule has 0 aromatic rings. The predicted molar refractivity (Wildman–Crippen MR) is 80.2 cm³/mol. The van der Waals surface area contributed by atoms with Crippen LogP contribution in [0.1, 0.15) is 71.6 Å². The number of Topliss-reactive ketones (excluding diaryl/α,β-unsaturated/α-hetero) is 1. The molecule has 1 N–H and O–H groups in total. The SMILES string of the molecule is CCCC1(C(=O)C2CCCC(CC)C2)CCNCC1. The summed E-state index contributed by atoms with van der Waals surface area (Å²) in [5.41, 5.74) is 0.0281. The van der Waals surface area contributed by atoms with Gasteiger partial charge in [0.15, 0.2) is 0 Å². The highest BCUT2D eigenvalue weighted by atomic mass is 16.1. The minimum atomic E-state index is 0.0281.